The standard InChI is InChI=1S/C57H38O/c1-57(2)50-26-13-23-41(55(50)49-33-37-14-3-4-15-38(37)34-51(49)57)39-16-11-17-40(32-39)54-46-21-7-5-19-44(46)53(45-20-6-8-22-47(45)54)36-30-28-35(29-31-36)42-24-12-25-48-43-18-9-10-27-52(43)58-56(42)48/h3-34H,1-2H3. The van der Waals surface area contributed by atoms with E-state index >= 15 is 0 Å². The van der Waals surface area contributed by atoms with Crippen molar-refractivity contribution in [3.8, 4) is 55.6 Å². The van der Waals surface area contributed by atoms with Gasteiger partial charge in [0.2, 0.25) is 0 Å². The van der Waals surface area contributed by atoms with Gasteiger partial charge in [-0.05, 0) is 118 Å². The summed E-state index contributed by atoms with van der Waals surface area (Å²) in [6.45, 7) is 4.75. The van der Waals surface area contributed by atoms with E-state index in [0.717, 1.165) is 33.1 Å². The van der Waals surface area contributed by atoms with Gasteiger partial charge in [-0.2, -0.15) is 0 Å². The van der Waals surface area contributed by atoms with E-state index in [2.05, 4.69) is 196 Å². The van der Waals surface area contributed by atoms with Crippen molar-refractivity contribution in [2.24, 2.45) is 0 Å². The van der Waals surface area contributed by atoms with E-state index < -0.39 is 0 Å². The Labute approximate surface area is 337 Å². The quantitative estimate of drug-likeness (QED) is 0.164. The molecule has 1 aromatic heterocycles. The Morgan fingerprint density at radius 1 is 0.328 bits per heavy atom. The third-order valence-corrected chi connectivity index (χ3v) is 12.8. The predicted molar refractivity (Wildman–Crippen MR) is 246 cm³/mol. The van der Waals surface area contributed by atoms with E-state index in [1.54, 1.807) is 0 Å². The highest BCUT2D eigenvalue weighted by atomic mass is 16.3. The summed E-state index contributed by atoms with van der Waals surface area (Å²) in [6, 6.07) is 71.4. The van der Waals surface area contributed by atoms with Crippen molar-refractivity contribution in [1.29, 1.82) is 0 Å². The second-order valence-corrected chi connectivity index (χ2v) is 16.4. The summed E-state index contributed by atoms with van der Waals surface area (Å²) in [5.74, 6) is 0. The molecule has 1 heteroatoms. The maximum absolute atomic E-state index is 6.42. The molecule has 0 unspecified atom stereocenters. The molecular weight excluding hydrogens is 701 g/mol. The maximum Gasteiger partial charge on any atom is 0.143 e. The molecule has 0 spiro atoms. The minimum Gasteiger partial charge on any atom is -0.455 e. The molecule has 0 saturated carbocycles. The van der Waals surface area contributed by atoms with Crippen LogP contribution in [0.5, 0.6) is 0 Å². The first-order valence-corrected chi connectivity index (χ1v) is 20.3. The van der Waals surface area contributed by atoms with Crippen LogP contribution in [0.4, 0.5) is 0 Å². The van der Waals surface area contributed by atoms with Gasteiger partial charge in [-0.15, -0.1) is 0 Å². The summed E-state index contributed by atoms with van der Waals surface area (Å²) in [5, 5.41) is 9.87. The molecule has 0 fully saturated rings. The highest BCUT2D eigenvalue weighted by molar-refractivity contribution is 6.21. The Morgan fingerprint density at radius 2 is 0.862 bits per heavy atom. The summed E-state index contributed by atoms with van der Waals surface area (Å²) >= 11 is 0. The van der Waals surface area contributed by atoms with E-state index in [1.807, 2.05) is 12.1 Å². The third-order valence-electron chi connectivity index (χ3n) is 12.8. The molecule has 10 aromatic carbocycles. The second-order valence-electron chi connectivity index (χ2n) is 16.4. The van der Waals surface area contributed by atoms with Crippen LogP contribution in [0.25, 0.3) is 110 Å². The molecular formula is C57H38O. The lowest BCUT2D eigenvalue weighted by molar-refractivity contribution is 0.661. The zero-order valence-electron chi connectivity index (χ0n) is 32.4. The molecule has 1 nitrogen and oxygen atoms in total. The van der Waals surface area contributed by atoms with Gasteiger partial charge < -0.3 is 4.42 Å². The lowest BCUT2D eigenvalue weighted by Gasteiger charge is -2.22. The molecule has 58 heavy (non-hydrogen) atoms. The number of furan rings is 1. The molecule has 272 valence electrons. The summed E-state index contributed by atoms with van der Waals surface area (Å²) in [5.41, 5.74) is 17.0. The van der Waals surface area contributed by atoms with Crippen LogP contribution in [0.15, 0.2) is 199 Å². The first kappa shape index (κ1) is 33.0. The van der Waals surface area contributed by atoms with Crippen LogP contribution in [-0.4, -0.2) is 0 Å². The van der Waals surface area contributed by atoms with E-state index in [1.165, 1.54) is 88.0 Å². The van der Waals surface area contributed by atoms with Gasteiger partial charge in [-0.3, -0.25) is 0 Å². The van der Waals surface area contributed by atoms with E-state index in [0.29, 0.717) is 0 Å². The van der Waals surface area contributed by atoms with Crippen molar-refractivity contribution >= 4 is 54.3 Å². The molecule has 0 bridgehead atoms. The first-order chi connectivity index (χ1) is 28.5. The monoisotopic (exact) mass is 738 g/mol. The topological polar surface area (TPSA) is 13.1 Å². The van der Waals surface area contributed by atoms with Gasteiger partial charge in [-0.1, -0.05) is 184 Å². The van der Waals surface area contributed by atoms with Crippen molar-refractivity contribution < 1.29 is 4.42 Å². The molecule has 1 aliphatic rings. The highest BCUT2D eigenvalue weighted by Crippen LogP contribution is 2.54. The number of hydrogen-bond acceptors (Lipinski definition) is 1. The predicted octanol–water partition coefficient (Wildman–Crippen LogP) is 16.0. The molecule has 0 amide bonds. The van der Waals surface area contributed by atoms with Crippen LogP contribution >= 0.6 is 0 Å². The van der Waals surface area contributed by atoms with Crippen LogP contribution in [0, 0.1) is 0 Å². The van der Waals surface area contributed by atoms with Crippen molar-refractivity contribution in [2.45, 2.75) is 19.3 Å². The van der Waals surface area contributed by atoms with Gasteiger partial charge in [0.15, 0.2) is 0 Å². The van der Waals surface area contributed by atoms with Crippen molar-refractivity contribution in [1.82, 2.24) is 0 Å². The molecule has 0 N–H and O–H groups in total. The minimum atomic E-state index is -0.0937. The molecule has 0 radical (unpaired) electrons. The van der Waals surface area contributed by atoms with Crippen LogP contribution in [0.1, 0.15) is 25.0 Å². The lowest BCUT2D eigenvalue weighted by Crippen LogP contribution is -2.14. The SMILES string of the molecule is CC1(C)c2cc3ccccc3cc2-c2c(-c3cccc(-c4c5ccccc5c(-c5ccc(-c6cccc7c6oc6ccccc67)cc5)c5ccccc45)c3)cccc21. The zero-order chi connectivity index (χ0) is 38.5. The Hall–Kier alpha value is -7.22. The maximum atomic E-state index is 6.42. The van der Waals surface area contributed by atoms with Gasteiger partial charge in [0.1, 0.15) is 11.2 Å². The third kappa shape index (κ3) is 4.77. The fraction of sp³-hybridized carbons (Fsp3) is 0.0526. The fourth-order valence-electron chi connectivity index (χ4n) is 10.1. The average molecular weight is 739 g/mol. The minimum absolute atomic E-state index is 0.0937. The summed E-state index contributed by atoms with van der Waals surface area (Å²) < 4.78 is 6.42. The van der Waals surface area contributed by atoms with Gasteiger partial charge in [0.05, 0.1) is 0 Å². The number of rotatable bonds is 4. The van der Waals surface area contributed by atoms with Crippen molar-refractivity contribution in [3.63, 3.8) is 0 Å². The van der Waals surface area contributed by atoms with E-state index in [-0.39, 0.29) is 5.41 Å². The Morgan fingerprint density at radius 3 is 1.59 bits per heavy atom. The number of benzene rings is 10. The number of fused-ring (bicyclic) bond motifs is 9. The molecule has 1 heterocycles. The fourth-order valence-corrected chi connectivity index (χ4v) is 10.1. The molecule has 0 aliphatic heterocycles. The summed E-state index contributed by atoms with van der Waals surface area (Å²) in [4.78, 5) is 0. The largest absolute Gasteiger partial charge is 0.455 e. The molecule has 0 saturated heterocycles. The summed E-state index contributed by atoms with van der Waals surface area (Å²) in [7, 11) is 0. The van der Waals surface area contributed by atoms with Gasteiger partial charge >= 0.3 is 0 Å². The Balaban J connectivity index is 1.01. The first-order valence-electron chi connectivity index (χ1n) is 20.3. The van der Waals surface area contributed by atoms with Crippen LogP contribution in [-0.2, 0) is 5.41 Å². The van der Waals surface area contributed by atoms with E-state index in [9.17, 15) is 0 Å². The molecule has 0 atom stereocenters. The normalized spacial score (nSPS) is 13.1. The van der Waals surface area contributed by atoms with Gasteiger partial charge in [-0.25, -0.2) is 0 Å². The number of hydrogen-bond donors (Lipinski definition) is 0. The molecule has 12 rings (SSSR count). The lowest BCUT2D eigenvalue weighted by atomic mass is 9.81. The van der Waals surface area contributed by atoms with Crippen LogP contribution < -0.4 is 0 Å². The van der Waals surface area contributed by atoms with Gasteiger partial charge in [0, 0.05) is 21.8 Å². The van der Waals surface area contributed by atoms with Crippen LogP contribution in [0.3, 0.4) is 0 Å². The van der Waals surface area contributed by atoms with Crippen LogP contribution in [0.2, 0.25) is 0 Å². The Kier molecular flexibility index (Phi) is 7.04. The smallest absolute Gasteiger partial charge is 0.143 e. The van der Waals surface area contributed by atoms with Crippen molar-refractivity contribution in [3.05, 3.63) is 205 Å². The zero-order valence-corrected chi connectivity index (χ0v) is 32.4. The van der Waals surface area contributed by atoms with Gasteiger partial charge in [0.25, 0.3) is 0 Å². The van der Waals surface area contributed by atoms with Crippen molar-refractivity contribution in [2.75, 3.05) is 0 Å². The average Bonchev–Trinajstić information content (AvgIpc) is 3.76. The molecule has 11 aromatic rings. The molecule has 1 aliphatic carbocycles. The highest BCUT2D eigenvalue weighted by Gasteiger charge is 2.37. The Bertz CT molecular complexity index is 3410. The number of para-hydroxylation sites is 2. The second kappa shape index (κ2) is 12.4. The summed E-state index contributed by atoms with van der Waals surface area (Å²) in [6.07, 6.45) is 0. The van der Waals surface area contributed by atoms with E-state index in [4.69, 9.17) is 4.42 Å².